The SMILES string of the molecule is COc1cc2ncnc(NC3CCC(CS(N)(=O)=O)CC3)c2cc1OC. The number of primary sulfonamides is 1. The zero-order chi connectivity index (χ0) is 18.7. The van der Waals surface area contributed by atoms with Gasteiger partial charge in [-0.1, -0.05) is 0 Å². The number of rotatable bonds is 6. The van der Waals surface area contributed by atoms with Gasteiger partial charge in [0, 0.05) is 17.5 Å². The van der Waals surface area contributed by atoms with Gasteiger partial charge in [-0.2, -0.15) is 0 Å². The summed E-state index contributed by atoms with van der Waals surface area (Å²) in [6.45, 7) is 0. The number of nitrogens with one attached hydrogen (secondary N) is 1. The van der Waals surface area contributed by atoms with Crippen molar-refractivity contribution < 1.29 is 17.9 Å². The van der Waals surface area contributed by atoms with Gasteiger partial charge in [-0.05, 0) is 37.7 Å². The van der Waals surface area contributed by atoms with Crippen LogP contribution in [-0.2, 0) is 10.0 Å². The summed E-state index contributed by atoms with van der Waals surface area (Å²) >= 11 is 0. The van der Waals surface area contributed by atoms with Gasteiger partial charge in [-0.25, -0.2) is 23.5 Å². The molecule has 1 aliphatic carbocycles. The maximum Gasteiger partial charge on any atom is 0.209 e. The molecule has 26 heavy (non-hydrogen) atoms. The van der Waals surface area contributed by atoms with Crippen LogP contribution in [-0.4, -0.2) is 44.4 Å². The fourth-order valence-electron chi connectivity index (χ4n) is 3.49. The number of sulfonamides is 1. The minimum Gasteiger partial charge on any atom is -0.493 e. The van der Waals surface area contributed by atoms with Crippen LogP contribution < -0.4 is 19.9 Å². The van der Waals surface area contributed by atoms with E-state index in [-0.39, 0.29) is 17.7 Å². The van der Waals surface area contributed by atoms with Gasteiger partial charge in [0.2, 0.25) is 10.0 Å². The van der Waals surface area contributed by atoms with E-state index >= 15 is 0 Å². The summed E-state index contributed by atoms with van der Waals surface area (Å²) in [5.74, 6) is 2.18. The number of hydrogen-bond donors (Lipinski definition) is 2. The molecule has 1 aliphatic rings. The second-order valence-corrected chi connectivity index (χ2v) is 8.30. The molecule has 1 saturated carbocycles. The molecule has 1 fully saturated rings. The molecule has 0 radical (unpaired) electrons. The summed E-state index contributed by atoms with van der Waals surface area (Å²) in [6, 6.07) is 3.92. The molecule has 8 nitrogen and oxygen atoms in total. The standard InChI is InChI=1S/C17H24N4O4S/c1-24-15-7-13-14(8-16(15)25-2)19-10-20-17(13)21-12-5-3-11(4-6-12)9-26(18,22)23/h7-8,10-12H,3-6,9H2,1-2H3,(H2,18,22,23)(H,19,20,21). The highest BCUT2D eigenvalue weighted by molar-refractivity contribution is 7.89. The van der Waals surface area contributed by atoms with Gasteiger partial charge in [0.05, 0.1) is 25.5 Å². The molecular formula is C17H24N4O4S. The van der Waals surface area contributed by atoms with Gasteiger partial charge in [0.25, 0.3) is 0 Å². The Bertz CT molecular complexity index is 880. The van der Waals surface area contributed by atoms with Crippen molar-refractivity contribution in [1.82, 2.24) is 9.97 Å². The van der Waals surface area contributed by atoms with Gasteiger partial charge >= 0.3 is 0 Å². The predicted molar refractivity (Wildman–Crippen MR) is 100.0 cm³/mol. The van der Waals surface area contributed by atoms with Crippen molar-refractivity contribution in [2.75, 3.05) is 25.3 Å². The van der Waals surface area contributed by atoms with E-state index in [4.69, 9.17) is 14.6 Å². The number of aromatic nitrogens is 2. The Balaban J connectivity index is 1.75. The average Bonchev–Trinajstić information content (AvgIpc) is 2.61. The van der Waals surface area contributed by atoms with E-state index in [1.807, 2.05) is 12.1 Å². The zero-order valence-corrected chi connectivity index (χ0v) is 15.8. The first-order valence-electron chi connectivity index (χ1n) is 8.53. The molecule has 3 N–H and O–H groups in total. The lowest BCUT2D eigenvalue weighted by atomic mass is 9.87. The Morgan fingerprint density at radius 1 is 1.12 bits per heavy atom. The molecule has 0 spiro atoms. The monoisotopic (exact) mass is 380 g/mol. The average molecular weight is 380 g/mol. The molecule has 0 bridgehead atoms. The summed E-state index contributed by atoms with van der Waals surface area (Å²) in [4.78, 5) is 8.68. The molecule has 0 amide bonds. The second kappa shape index (κ2) is 7.63. The highest BCUT2D eigenvalue weighted by atomic mass is 32.2. The summed E-state index contributed by atoms with van der Waals surface area (Å²) in [6.07, 6.45) is 4.92. The maximum absolute atomic E-state index is 11.3. The first-order chi connectivity index (χ1) is 12.4. The quantitative estimate of drug-likeness (QED) is 0.786. The third-order valence-electron chi connectivity index (χ3n) is 4.80. The van der Waals surface area contributed by atoms with Crippen LogP contribution in [0.15, 0.2) is 18.5 Å². The predicted octanol–water partition coefficient (Wildman–Crippen LogP) is 1.91. The van der Waals surface area contributed by atoms with E-state index in [2.05, 4.69) is 15.3 Å². The number of nitrogens with two attached hydrogens (primary N) is 1. The zero-order valence-electron chi connectivity index (χ0n) is 14.9. The van der Waals surface area contributed by atoms with Crippen LogP contribution in [0.5, 0.6) is 11.5 Å². The number of nitrogens with zero attached hydrogens (tertiary/aromatic N) is 2. The molecule has 1 heterocycles. The van der Waals surface area contributed by atoms with E-state index in [0.717, 1.165) is 42.4 Å². The van der Waals surface area contributed by atoms with Crippen LogP contribution in [0.2, 0.25) is 0 Å². The molecule has 0 aliphatic heterocycles. The van der Waals surface area contributed by atoms with Gasteiger partial charge in [0.15, 0.2) is 11.5 Å². The molecule has 142 valence electrons. The Hall–Kier alpha value is -2.13. The maximum atomic E-state index is 11.3. The largest absolute Gasteiger partial charge is 0.493 e. The molecule has 9 heteroatoms. The molecule has 0 atom stereocenters. The van der Waals surface area contributed by atoms with Crippen molar-refractivity contribution in [1.29, 1.82) is 0 Å². The van der Waals surface area contributed by atoms with E-state index in [1.165, 1.54) is 6.33 Å². The van der Waals surface area contributed by atoms with Crippen molar-refractivity contribution in [2.24, 2.45) is 11.1 Å². The lowest BCUT2D eigenvalue weighted by Crippen LogP contribution is -2.31. The van der Waals surface area contributed by atoms with E-state index < -0.39 is 10.0 Å². The van der Waals surface area contributed by atoms with Crippen LogP contribution in [0.3, 0.4) is 0 Å². The Morgan fingerprint density at radius 3 is 2.38 bits per heavy atom. The Kier molecular flexibility index (Phi) is 5.47. The fourth-order valence-corrected chi connectivity index (χ4v) is 4.48. The number of anilines is 1. The van der Waals surface area contributed by atoms with Gasteiger partial charge in [-0.3, -0.25) is 0 Å². The van der Waals surface area contributed by atoms with E-state index in [0.29, 0.717) is 11.5 Å². The first-order valence-corrected chi connectivity index (χ1v) is 10.2. The number of hydrogen-bond acceptors (Lipinski definition) is 7. The third-order valence-corrected chi connectivity index (χ3v) is 5.73. The molecule has 0 saturated heterocycles. The van der Waals surface area contributed by atoms with Crippen molar-refractivity contribution in [3.63, 3.8) is 0 Å². The van der Waals surface area contributed by atoms with Crippen LogP contribution in [0.1, 0.15) is 25.7 Å². The first kappa shape index (κ1) is 18.7. The van der Waals surface area contributed by atoms with Gasteiger partial charge in [-0.15, -0.1) is 0 Å². The smallest absolute Gasteiger partial charge is 0.209 e. The number of methoxy groups -OCH3 is 2. The lowest BCUT2D eigenvalue weighted by Gasteiger charge is -2.29. The van der Waals surface area contributed by atoms with Gasteiger partial charge < -0.3 is 14.8 Å². The van der Waals surface area contributed by atoms with Crippen LogP contribution in [0.4, 0.5) is 5.82 Å². The minimum absolute atomic E-state index is 0.0626. The van der Waals surface area contributed by atoms with Crippen molar-refractivity contribution in [3.05, 3.63) is 18.5 Å². The Labute approximate surface area is 153 Å². The summed E-state index contributed by atoms with van der Waals surface area (Å²) in [5, 5.41) is 9.48. The van der Waals surface area contributed by atoms with Crippen LogP contribution in [0.25, 0.3) is 10.9 Å². The minimum atomic E-state index is -3.41. The number of ether oxygens (including phenoxy) is 2. The van der Waals surface area contributed by atoms with Crippen molar-refractivity contribution >= 4 is 26.7 Å². The summed E-state index contributed by atoms with van der Waals surface area (Å²) in [7, 11) is -0.232. The summed E-state index contributed by atoms with van der Waals surface area (Å²) in [5.41, 5.74) is 0.767. The molecular weight excluding hydrogens is 356 g/mol. The third kappa shape index (κ3) is 4.34. The van der Waals surface area contributed by atoms with Crippen molar-refractivity contribution in [2.45, 2.75) is 31.7 Å². The molecule has 1 aromatic carbocycles. The summed E-state index contributed by atoms with van der Waals surface area (Å²) < 4.78 is 33.2. The van der Waals surface area contributed by atoms with E-state index in [1.54, 1.807) is 14.2 Å². The number of fused-ring (bicyclic) bond motifs is 1. The normalized spacial score (nSPS) is 20.7. The van der Waals surface area contributed by atoms with Crippen LogP contribution >= 0.6 is 0 Å². The molecule has 2 aromatic rings. The molecule has 1 aromatic heterocycles. The van der Waals surface area contributed by atoms with Crippen molar-refractivity contribution in [3.8, 4) is 11.5 Å². The second-order valence-electron chi connectivity index (χ2n) is 6.64. The number of benzene rings is 1. The molecule has 0 unspecified atom stereocenters. The van der Waals surface area contributed by atoms with Gasteiger partial charge in [0.1, 0.15) is 12.1 Å². The van der Waals surface area contributed by atoms with E-state index in [9.17, 15) is 8.42 Å². The van der Waals surface area contributed by atoms with Crippen LogP contribution in [0, 0.1) is 5.92 Å². The highest BCUT2D eigenvalue weighted by Crippen LogP contribution is 2.34. The fraction of sp³-hybridized carbons (Fsp3) is 0.529. The lowest BCUT2D eigenvalue weighted by molar-refractivity contribution is 0.355. The Morgan fingerprint density at radius 2 is 1.77 bits per heavy atom. The topological polar surface area (TPSA) is 116 Å². The molecule has 3 rings (SSSR count). The highest BCUT2D eigenvalue weighted by Gasteiger charge is 2.25.